The molecule has 0 atom stereocenters. The summed E-state index contributed by atoms with van der Waals surface area (Å²) < 4.78 is 38.8. The number of nitrogens with one attached hydrogen (secondary N) is 1. The van der Waals surface area contributed by atoms with E-state index < -0.39 is 26.6 Å². The fraction of sp³-hybridized carbons (Fsp3) is 0.267. The zero-order valence-electron chi connectivity index (χ0n) is 12.7. The number of sulfonamides is 1. The van der Waals surface area contributed by atoms with Gasteiger partial charge in [0.2, 0.25) is 10.0 Å². The van der Waals surface area contributed by atoms with E-state index in [-0.39, 0.29) is 5.56 Å². The molecule has 124 valence electrons. The van der Waals surface area contributed by atoms with Gasteiger partial charge in [0.15, 0.2) is 0 Å². The lowest BCUT2D eigenvalue weighted by atomic mass is 10.2. The van der Waals surface area contributed by atoms with E-state index in [9.17, 15) is 17.6 Å². The van der Waals surface area contributed by atoms with Crippen LogP contribution in [-0.4, -0.2) is 39.3 Å². The van der Waals surface area contributed by atoms with E-state index >= 15 is 0 Å². The molecule has 0 fully saturated rings. The van der Waals surface area contributed by atoms with Gasteiger partial charge in [0, 0.05) is 31.1 Å². The first kappa shape index (κ1) is 17.6. The average Bonchev–Trinajstić information content (AvgIpc) is 3.00. The summed E-state index contributed by atoms with van der Waals surface area (Å²) in [7, 11) is -1.32. The summed E-state index contributed by atoms with van der Waals surface area (Å²) in [6.07, 6.45) is 0.688. The minimum atomic E-state index is -3.94. The van der Waals surface area contributed by atoms with Crippen molar-refractivity contribution in [2.24, 2.45) is 0 Å². The highest BCUT2D eigenvalue weighted by Crippen LogP contribution is 2.19. The molecule has 0 spiro atoms. The van der Waals surface area contributed by atoms with Gasteiger partial charge in [0.05, 0.1) is 0 Å². The monoisotopic (exact) mass is 356 g/mol. The van der Waals surface area contributed by atoms with Gasteiger partial charge >= 0.3 is 0 Å². The van der Waals surface area contributed by atoms with Crippen LogP contribution in [-0.2, 0) is 16.4 Å². The number of hydrogen-bond acceptors (Lipinski definition) is 4. The minimum absolute atomic E-state index is 0.109. The van der Waals surface area contributed by atoms with Gasteiger partial charge in [0.1, 0.15) is 10.7 Å². The van der Waals surface area contributed by atoms with Crippen molar-refractivity contribution in [1.82, 2.24) is 9.62 Å². The van der Waals surface area contributed by atoms with Crippen molar-refractivity contribution in [2.45, 2.75) is 11.3 Å². The van der Waals surface area contributed by atoms with Gasteiger partial charge in [0.25, 0.3) is 5.91 Å². The molecule has 1 amide bonds. The van der Waals surface area contributed by atoms with Crippen LogP contribution in [0.25, 0.3) is 0 Å². The molecule has 1 heterocycles. The molecule has 0 aliphatic heterocycles. The van der Waals surface area contributed by atoms with Gasteiger partial charge in [-0.1, -0.05) is 6.07 Å². The zero-order chi connectivity index (χ0) is 17.0. The number of carbonyl (C=O) groups is 1. The topological polar surface area (TPSA) is 66.5 Å². The van der Waals surface area contributed by atoms with E-state index in [4.69, 9.17) is 0 Å². The molecule has 0 aliphatic rings. The van der Waals surface area contributed by atoms with E-state index in [2.05, 4.69) is 5.32 Å². The van der Waals surface area contributed by atoms with Crippen LogP contribution in [0.4, 0.5) is 4.39 Å². The fourth-order valence-electron chi connectivity index (χ4n) is 1.90. The van der Waals surface area contributed by atoms with Crippen molar-refractivity contribution >= 4 is 27.3 Å². The molecular formula is C15H17FN2O3S2. The number of benzene rings is 1. The number of carbonyl (C=O) groups excluding carboxylic acids is 1. The van der Waals surface area contributed by atoms with Crippen molar-refractivity contribution in [2.75, 3.05) is 20.6 Å². The summed E-state index contributed by atoms with van der Waals surface area (Å²) in [4.78, 5) is 12.7. The van der Waals surface area contributed by atoms with Gasteiger partial charge < -0.3 is 5.32 Å². The van der Waals surface area contributed by atoms with Crippen LogP contribution < -0.4 is 5.32 Å². The Kier molecular flexibility index (Phi) is 5.51. The standard InChI is InChI=1S/C15H17FN2O3S2/c1-18(2)23(20,21)14-10-11(5-6-13(14)16)15(19)17-8-7-12-4-3-9-22-12/h3-6,9-10H,7-8H2,1-2H3,(H,17,19). The predicted octanol–water partition coefficient (Wildman–Crippen LogP) is 2.11. The average molecular weight is 356 g/mol. The highest BCUT2D eigenvalue weighted by atomic mass is 32.2. The van der Waals surface area contributed by atoms with E-state index in [1.807, 2.05) is 17.5 Å². The molecule has 5 nitrogen and oxygen atoms in total. The molecule has 2 rings (SSSR count). The quantitative estimate of drug-likeness (QED) is 0.862. The second kappa shape index (κ2) is 7.20. The van der Waals surface area contributed by atoms with Crippen LogP contribution in [0.5, 0.6) is 0 Å². The van der Waals surface area contributed by atoms with E-state index in [0.717, 1.165) is 21.3 Å². The molecule has 1 aromatic carbocycles. The Morgan fingerprint density at radius 2 is 2.04 bits per heavy atom. The van der Waals surface area contributed by atoms with E-state index in [0.29, 0.717) is 13.0 Å². The Hall–Kier alpha value is -1.77. The molecule has 2 aromatic rings. The Balaban J connectivity index is 2.12. The van der Waals surface area contributed by atoms with Crippen molar-refractivity contribution in [3.05, 3.63) is 52.0 Å². The van der Waals surface area contributed by atoms with Gasteiger partial charge in [-0.3, -0.25) is 4.79 Å². The number of hydrogen-bond donors (Lipinski definition) is 1. The van der Waals surface area contributed by atoms with Gasteiger partial charge in [-0.25, -0.2) is 17.1 Å². The van der Waals surface area contributed by atoms with Crippen LogP contribution in [0, 0.1) is 5.82 Å². The summed E-state index contributed by atoms with van der Waals surface area (Å²) in [6.45, 7) is 0.423. The first-order valence-corrected chi connectivity index (χ1v) is 9.17. The SMILES string of the molecule is CN(C)S(=O)(=O)c1cc(C(=O)NCCc2cccs2)ccc1F. The molecule has 0 aliphatic carbocycles. The first-order valence-electron chi connectivity index (χ1n) is 6.85. The van der Waals surface area contributed by atoms with Crippen LogP contribution in [0.15, 0.2) is 40.6 Å². The lowest BCUT2D eigenvalue weighted by Gasteiger charge is -2.13. The molecule has 0 saturated carbocycles. The van der Waals surface area contributed by atoms with Crippen molar-refractivity contribution in [3.63, 3.8) is 0 Å². The zero-order valence-corrected chi connectivity index (χ0v) is 14.4. The number of halogens is 1. The maximum absolute atomic E-state index is 13.8. The van der Waals surface area contributed by atoms with Crippen LogP contribution in [0.3, 0.4) is 0 Å². The number of rotatable bonds is 6. The number of thiophene rings is 1. The second-order valence-corrected chi connectivity index (χ2v) is 8.17. The highest BCUT2D eigenvalue weighted by molar-refractivity contribution is 7.89. The van der Waals surface area contributed by atoms with Crippen LogP contribution in [0.2, 0.25) is 0 Å². The molecule has 8 heteroatoms. The Labute approximate surface area is 138 Å². The smallest absolute Gasteiger partial charge is 0.251 e. The summed E-state index contributed by atoms with van der Waals surface area (Å²) in [6, 6.07) is 7.22. The van der Waals surface area contributed by atoms with Crippen molar-refractivity contribution < 1.29 is 17.6 Å². The Morgan fingerprint density at radius 1 is 1.30 bits per heavy atom. The van der Waals surface area contributed by atoms with Gasteiger partial charge in [-0.05, 0) is 36.1 Å². The lowest BCUT2D eigenvalue weighted by molar-refractivity contribution is 0.0954. The largest absolute Gasteiger partial charge is 0.352 e. The second-order valence-electron chi connectivity index (χ2n) is 5.02. The maximum Gasteiger partial charge on any atom is 0.251 e. The minimum Gasteiger partial charge on any atom is -0.352 e. The summed E-state index contributed by atoms with van der Waals surface area (Å²) in [5.74, 6) is -1.31. The summed E-state index contributed by atoms with van der Waals surface area (Å²) >= 11 is 1.60. The third-order valence-corrected chi connectivity index (χ3v) is 5.96. The maximum atomic E-state index is 13.8. The molecule has 0 bridgehead atoms. The van der Waals surface area contributed by atoms with Gasteiger partial charge in [-0.2, -0.15) is 0 Å². The molecule has 0 unspecified atom stereocenters. The van der Waals surface area contributed by atoms with Crippen molar-refractivity contribution in [1.29, 1.82) is 0 Å². The van der Waals surface area contributed by atoms with Crippen LogP contribution >= 0.6 is 11.3 Å². The van der Waals surface area contributed by atoms with Crippen molar-refractivity contribution in [3.8, 4) is 0 Å². The lowest BCUT2D eigenvalue weighted by Crippen LogP contribution is -2.27. The summed E-state index contributed by atoms with van der Waals surface area (Å²) in [5.41, 5.74) is 0.109. The van der Waals surface area contributed by atoms with E-state index in [1.54, 1.807) is 11.3 Å². The highest BCUT2D eigenvalue weighted by Gasteiger charge is 2.23. The summed E-state index contributed by atoms with van der Waals surface area (Å²) in [5, 5.41) is 4.66. The first-order chi connectivity index (χ1) is 10.8. The predicted molar refractivity (Wildman–Crippen MR) is 87.6 cm³/mol. The van der Waals surface area contributed by atoms with Gasteiger partial charge in [-0.15, -0.1) is 11.3 Å². The molecular weight excluding hydrogens is 339 g/mol. The normalized spacial score (nSPS) is 11.7. The number of amides is 1. The third kappa shape index (κ3) is 4.15. The molecule has 0 radical (unpaired) electrons. The molecule has 1 aromatic heterocycles. The van der Waals surface area contributed by atoms with E-state index in [1.165, 1.54) is 20.2 Å². The molecule has 0 saturated heterocycles. The molecule has 23 heavy (non-hydrogen) atoms. The third-order valence-electron chi connectivity index (χ3n) is 3.19. The Bertz CT molecular complexity index is 787. The number of nitrogens with zero attached hydrogens (tertiary/aromatic N) is 1. The molecule has 1 N–H and O–H groups in total. The fourth-order valence-corrected chi connectivity index (χ4v) is 3.59. The van der Waals surface area contributed by atoms with Crippen LogP contribution in [0.1, 0.15) is 15.2 Å². The Morgan fingerprint density at radius 3 is 2.65 bits per heavy atom.